The first-order valence-corrected chi connectivity index (χ1v) is 6.15. The molecule has 5 heteroatoms. The Labute approximate surface area is 112 Å². The molecule has 1 amide bonds. The predicted octanol–water partition coefficient (Wildman–Crippen LogP) is 2.31. The van der Waals surface area contributed by atoms with Gasteiger partial charge >= 0.3 is 12.1 Å². The molecule has 1 aromatic rings. The van der Waals surface area contributed by atoms with Crippen LogP contribution in [0.4, 0.5) is 10.5 Å². The molecule has 0 unspecified atom stereocenters. The molecule has 0 radical (unpaired) electrons. The number of fused-ring (bicyclic) bond motifs is 1. The van der Waals surface area contributed by atoms with Crippen molar-refractivity contribution in [1.82, 2.24) is 0 Å². The van der Waals surface area contributed by atoms with Gasteiger partial charge in [-0.2, -0.15) is 0 Å². The van der Waals surface area contributed by atoms with Crippen molar-refractivity contribution in [2.75, 3.05) is 18.6 Å². The maximum absolute atomic E-state index is 11.9. The topological polar surface area (TPSA) is 55.8 Å². The maximum Gasteiger partial charge on any atom is 0.414 e. The zero-order valence-electron chi connectivity index (χ0n) is 11.3. The molecule has 0 aromatic heterocycles. The Balaban J connectivity index is 2.32. The number of rotatable bonds is 2. The van der Waals surface area contributed by atoms with Crippen LogP contribution in [-0.4, -0.2) is 31.8 Å². The summed E-state index contributed by atoms with van der Waals surface area (Å²) in [4.78, 5) is 24.4. The van der Waals surface area contributed by atoms with Crippen LogP contribution in [0, 0.1) is 0 Å². The van der Waals surface area contributed by atoms with Crippen LogP contribution in [0.15, 0.2) is 24.3 Å². The van der Waals surface area contributed by atoms with Crippen LogP contribution in [0.5, 0.6) is 0 Å². The molecule has 1 aliphatic heterocycles. The third-order valence-electron chi connectivity index (χ3n) is 3.42. The Kier molecular flexibility index (Phi) is 3.74. The molecule has 0 aliphatic carbocycles. The van der Waals surface area contributed by atoms with Crippen molar-refractivity contribution >= 4 is 17.7 Å². The number of amides is 1. The maximum atomic E-state index is 11.9. The van der Waals surface area contributed by atoms with E-state index in [1.807, 2.05) is 31.2 Å². The van der Waals surface area contributed by atoms with E-state index < -0.39 is 6.09 Å². The van der Waals surface area contributed by atoms with Gasteiger partial charge in [-0.1, -0.05) is 18.2 Å². The third-order valence-corrected chi connectivity index (χ3v) is 3.42. The Morgan fingerprint density at radius 3 is 2.63 bits per heavy atom. The first-order valence-electron chi connectivity index (χ1n) is 6.15. The predicted molar refractivity (Wildman–Crippen MR) is 70.2 cm³/mol. The second kappa shape index (κ2) is 5.30. The van der Waals surface area contributed by atoms with Crippen molar-refractivity contribution in [3.05, 3.63) is 29.8 Å². The van der Waals surface area contributed by atoms with E-state index in [1.54, 1.807) is 4.90 Å². The van der Waals surface area contributed by atoms with E-state index in [0.717, 1.165) is 11.3 Å². The van der Waals surface area contributed by atoms with E-state index in [-0.39, 0.29) is 24.5 Å². The van der Waals surface area contributed by atoms with E-state index in [2.05, 4.69) is 0 Å². The Bertz CT molecular complexity index is 500. The molecule has 0 spiro atoms. The van der Waals surface area contributed by atoms with Gasteiger partial charge in [-0.15, -0.1) is 0 Å². The SMILES string of the molecule is COC(=O)N1c2ccccc2[C@H](COC(C)=O)[C@H]1C. The number of carbonyl (C=O) groups is 2. The second-order valence-corrected chi connectivity index (χ2v) is 4.55. The number of benzene rings is 1. The molecular formula is C14H17NO4. The lowest BCUT2D eigenvalue weighted by atomic mass is 9.97. The molecule has 2 atom stereocenters. The first-order chi connectivity index (χ1) is 9.06. The lowest BCUT2D eigenvalue weighted by Gasteiger charge is -2.23. The minimum Gasteiger partial charge on any atom is -0.465 e. The lowest BCUT2D eigenvalue weighted by Crippen LogP contribution is -2.38. The molecule has 102 valence electrons. The summed E-state index contributed by atoms with van der Waals surface area (Å²) in [6.45, 7) is 3.57. The summed E-state index contributed by atoms with van der Waals surface area (Å²) in [5.41, 5.74) is 1.82. The highest BCUT2D eigenvalue weighted by atomic mass is 16.5. The quantitative estimate of drug-likeness (QED) is 0.768. The van der Waals surface area contributed by atoms with Gasteiger partial charge in [-0.3, -0.25) is 9.69 Å². The summed E-state index contributed by atoms with van der Waals surface area (Å²) in [7, 11) is 1.36. The molecule has 1 aliphatic rings. The second-order valence-electron chi connectivity index (χ2n) is 4.55. The van der Waals surface area contributed by atoms with Crippen molar-refractivity contribution in [2.24, 2.45) is 0 Å². The third kappa shape index (κ3) is 2.41. The Morgan fingerprint density at radius 1 is 1.32 bits per heavy atom. The molecule has 5 nitrogen and oxygen atoms in total. The largest absolute Gasteiger partial charge is 0.465 e. The van der Waals surface area contributed by atoms with Crippen molar-refractivity contribution in [1.29, 1.82) is 0 Å². The molecule has 1 aromatic carbocycles. The van der Waals surface area contributed by atoms with Gasteiger partial charge in [0.05, 0.1) is 12.8 Å². The first kappa shape index (κ1) is 13.4. The average molecular weight is 263 g/mol. The monoisotopic (exact) mass is 263 g/mol. The molecule has 0 bridgehead atoms. The number of para-hydroxylation sites is 1. The van der Waals surface area contributed by atoms with Crippen LogP contribution < -0.4 is 4.90 Å². The van der Waals surface area contributed by atoms with Crippen molar-refractivity contribution in [3.63, 3.8) is 0 Å². The minimum atomic E-state index is -0.398. The van der Waals surface area contributed by atoms with Gasteiger partial charge in [-0.25, -0.2) is 4.79 Å². The van der Waals surface area contributed by atoms with E-state index in [9.17, 15) is 9.59 Å². The number of ether oxygens (including phenoxy) is 2. The Morgan fingerprint density at radius 2 is 2.00 bits per heavy atom. The smallest absolute Gasteiger partial charge is 0.414 e. The molecule has 0 fully saturated rings. The summed E-state index contributed by atoms with van der Waals surface area (Å²) in [6.07, 6.45) is -0.398. The molecule has 19 heavy (non-hydrogen) atoms. The van der Waals surface area contributed by atoms with Gasteiger partial charge in [0, 0.05) is 18.9 Å². The molecule has 0 N–H and O–H groups in total. The molecule has 2 rings (SSSR count). The number of methoxy groups -OCH3 is 1. The van der Waals surface area contributed by atoms with Crippen LogP contribution in [0.25, 0.3) is 0 Å². The number of hydrogen-bond donors (Lipinski definition) is 0. The average Bonchev–Trinajstić information content (AvgIpc) is 2.67. The highest BCUT2D eigenvalue weighted by molar-refractivity contribution is 5.91. The van der Waals surface area contributed by atoms with E-state index in [4.69, 9.17) is 9.47 Å². The van der Waals surface area contributed by atoms with Gasteiger partial charge in [0.1, 0.15) is 6.61 Å². The van der Waals surface area contributed by atoms with Crippen LogP contribution >= 0.6 is 0 Å². The number of carbonyl (C=O) groups excluding carboxylic acids is 2. The van der Waals surface area contributed by atoms with E-state index in [1.165, 1.54) is 14.0 Å². The summed E-state index contributed by atoms with van der Waals surface area (Å²) >= 11 is 0. The summed E-state index contributed by atoms with van der Waals surface area (Å²) < 4.78 is 9.91. The summed E-state index contributed by atoms with van der Waals surface area (Å²) in [5.74, 6) is -0.347. The van der Waals surface area contributed by atoms with Crippen molar-refractivity contribution < 1.29 is 19.1 Å². The number of hydrogen-bond acceptors (Lipinski definition) is 4. The minimum absolute atomic E-state index is 0.0285. The highest BCUT2D eigenvalue weighted by Gasteiger charge is 2.39. The van der Waals surface area contributed by atoms with E-state index in [0.29, 0.717) is 0 Å². The standard InChI is InChI=1S/C14H17NO4/c1-9-12(8-19-10(2)16)11-6-4-5-7-13(11)15(9)14(17)18-3/h4-7,9,12H,8H2,1-3H3/t9-,12-/m1/s1. The number of esters is 1. The lowest BCUT2D eigenvalue weighted by molar-refractivity contribution is -0.141. The fourth-order valence-corrected chi connectivity index (χ4v) is 2.48. The fourth-order valence-electron chi connectivity index (χ4n) is 2.48. The fraction of sp³-hybridized carbons (Fsp3) is 0.429. The van der Waals surface area contributed by atoms with Crippen LogP contribution in [-0.2, 0) is 14.3 Å². The van der Waals surface area contributed by atoms with Crippen molar-refractivity contribution in [3.8, 4) is 0 Å². The molecule has 1 heterocycles. The zero-order valence-corrected chi connectivity index (χ0v) is 11.3. The summed E-state index contributed by atoms with van der Waals surface area (Å²) in [6, 6.07) is 7.49. The number of anilines is 1. The van der Waals surface area contributed by atoms with Crippen LogP contribution in [0.3, 0.4) is 0 Å². The molecule has 0 saturated heterocycles. The molecular weight excluding hydrogens is 246 g/mol. The van der Waals surface area contributed by atoms with Crippen LogP contribution in [0.2, 0.25) is 0 Å². The van der Waals surface area contributed by atoms with Gasteiger partial charge in [0.25, 0.3) is 0 Å². The van der Waals surface area contributed by atoms with Crippen LogP contribution in [0.1, 0.15) is 25.3 Å². The van der Waals surface area contributed by atoms with Crippen molar-refractivity contribution in [2.45, 2.75) is 25.8 Å². The molecule has 0 saturated carbocycles. The van der Waals surface area contributed by atoms with Gasteiger partial charge in [0.15, 0.2) is 0 Å². The number of nitrogens with zero attached hydrogens (tertiary/aromatic N) is 1. The van der Waals surface area contributed by atoms with E-state index >= 15 is 0 Å². The van der Waals surface area contributed by atoms with Gasteiger partial charge in [-0.05, 0) is 18.6 Å². The summed E-state index contributed by atoms with van der Waals surface area (Å²) in [5, 5.41) is 0. The highest BCUT2D eigenvalue weighted by Crippen LogP contribution is 2.41. The Hall–Kier alpha value is -2.04. The van der Waals surface area contributed by atoms with Gasteiger partial charge in [0.2, 0.25) is 0 Å². The zero-order chi connectivity index (χ0) is 14.0. The normalized spacial score (nSPS) is 20.9. The van der Waals surface area contributed by atoms with Gasteiger partial charge < -0.3 is 9.47 Å².